The number of sulfone groups is 1. The van der Waals surface area contributed by atoms with Gasteiger partial charge in [-0.05, 0) is 17.5 Å². The molecule has 0 aliphatic rings. The first-order valence-electron chi connectivity index (χ1n) is 8.09. The van der Waals surface area contributed by atoms with Gasteiger partial charge < -0.3 is 5.32 Å². The molecule has 0 spiro atoms. The van der Waals surface area contributed by atoms with Crippen molar-refractivity contribution in [3.8, 4) is 0 Å². The van der Waals surface area contributed by atoms with Crippen molar-refractivity contribution in [2.45, 2.75) is 19.3 Å². The van der Waals surface area contributed by atoms with Gasteiger partial charge >= 0.3 is 0 Å². The van der Waals surface area contributed by atoms with Crippen molar-refractivity contribution in [3.05, 3.63) is 71.8 Å². The first kappa shape index (κ1) is 18.2. The Hall–Kier alpha value is -2.14. The van der Waals surface area contributed by atoms with E-state index in [4.69, 9.17) is 0 Å². The van der Waals surface area contributed by atoms with Crippen LogP contribution in [-0.2, 0) is 14.6 Å². The van der Waals surface area contributed by atoms with Crippen LogP contribution in [0, 0.1) is 0 Å². The highest BCUT2D eigenvalue weighted by atomic mass is 32.2. The number of nitrogens with one attached hydrogen (secondary N) is 1. The quantitative estimate of drug-likeness (QED) is 0.800. The second-order valence-corrected chi connectivity index (χ2v) is 7.95. The van der Waals surface area contributed by atoms with Gasteiger partial charge in [0.15, 0.2) is 9.84 Å². The molecule has 0 fully saturated rings. The lowest BCUT2D eigenvalue weighted by molar-refractivity contribution is -0.118. The van der Waals surface area contributed by atoms with Crippen LogP contribution >= 0.6 is 0 Å². The molecule has 0 heterocycles. The summed E-state index contributed by atoms with van der Waals surface area (Å²) in [6, 6.07) is 19.8. The molecule has 0 bridgehead atoms. The average molecular weight is 345 g/mol. The second kappa shape index (κ2) is 8.64. The van der Waals surface area contributed by atoms with Crippen LogP contribution < -0.4 is 5.32 Å². The first-order chi connectivity index (χ1) is 11.5. The fourth-order valence-electron chi connectivity index (χ4n) is 2.65. The van der Waals surface area contributed by atoms with Gasteiger partial charge in [-0.25, -0.2) is 8.42 Å². The molecule has 2 aromatic rings. The Bertz CT molecular complexity index is 703. The minimum absolute atomic E-state index is 0.00905. The number of benzene rings is 2. The number of hydrogen-bond acceptors (Lipinski definition) is 3. The highest BCUT2D eigenvalue weighted by Crippen LogP contribution is 2.23. The lowest BCUT2D eigenvalue weighted by Gasteiger charge is -2.19. The molecule has 0 aromatic heterocycles. The predicted octanol–water partition coefficient (Wildman–Crippen LogP) is 2.76. The summed E-state index contributed by atoms with van der Waals surface area (Å²) in [7, 11) is -3.32. The van der Waals surface area contributed by atoms with E-state index in [0.717, 1.165) is 11.1 Å². The summed E-state index contributed by atoms with van der Waals surface area (Å²) in [6.45, 7) is 2.16. The summed E-state index contributed by atoms with van der Waals surface area (Å²) in [5.74, 6) is -0.858. The van der Waals surface area contributed by atoms with E-state index in [-0.39, 0.29) is 11.7 Å². The van der Waals surface area contributed by atoms with Gasteiger partial charge in [0.2, 0.25) is 5.91 Å². The molecule has 24 heavy (non-hydrogen) atoms. The Labute approximate surface area is 143 Å². The number of carbonyl (C=O) groups is 1. The lowest BCUT2D eigenvalue weighted by atomic mass is 9.91. The van der Waals surface area contributed by atoms with Crippen molar-refractivity contribution in [3.63, 3.8) is 0 Å². The zero-order chi connectivity index (χ0) is 17.4. The van der Waals surface area contributed by atoms with Gasteiger partial charge in [-0.15, -0.1) is 0 Å². The molecular weight excluding hydrogens is 322 g/mol. The van der Waals surface area contributed by atoms with E-state index in [2.05, 4.69) is 5.32 Å². The van der Waals surface area contributed by atoms with Crippen LogP contribution in [0.3, 0.4) is 0 Å². The van der Waals surface area contributed by atoms with Crippen LogP contribution in [0.25, 0.3) is 0 Å². The molecule has 0 saturated carbocycles. The number of carbonyl (C=O) groups excluding carboxylic acids is 1. The van der Waals surface area contributed by atoms with Crippen LogP contribution in [-0.4, -0.2) is 32.4 Å². The molecule has 0 aliphatic carbocycles. The Balaban J connectivity index is 2.09. The van der Waals surface area contributed by atoms with Gasteiger partial charge in [-0.1, -0.05) is 67.6 Å². The van der Waals surface area contributed by atoms with Crippen molar-refractivity contribution in [1.29, 1.82) is 0 Å². The summed E-state index contributed by atoms with van der Waals surface area (Å²) < 4.78 is 23.5. The largest absolute Gasteiger partial charge is 0.354 e. The van der Waals surface area contributed by atoms with Crippen molar-refractivity contribution >= 4 is 15.7 Å². The fourth-order valence-corrected chi connectivity index (χ4v) is 3.92. The van der Waals surface area contributed by atoms with Gasteiger partial charge in [0.1, 0.15) is 5.75 Å². The van der Waals surface area contributed by atoms with Crippen molar-refractivity contribution in [1.82, 2.24) is 5.32 Å². The summed E-state index contributed by atoms with van der Waals surface area (Å²) in [5, 5.41) is 2.78. The van der Waals surface area contributed by atoms with Gasteiger partial charge in [-0.2, -0.15) is 0 Å². The highest BCUT2D eigenvalue weighted by Gasteiger charge is 2.18. The molecule has 2 aromatic carbocycles. The highest BCUT2D eigenvalue weighted by molar-refractivity contribution is 7.92. The van der Waals surface area contributed by atoms with Crippen LogP contribution in [0.5, 0.6) is 0 Å². The molecule has 0 unspecified atom stereocenters. The average Bonchev–Trinajstić information content (AvgIpc) is 2.56. The fraction of sp³-hybridized carbons (Fsp3) is 0.316. The van der Waals surface area contributed by atoms with E-state index in [9.17, 15) is 13.2 Å². The zero-order valence-corrected chi connectivity index (χ0v) is 14.6. The summed E-state index contributed by atoms with van der Waals surface area (Å²) >= 11 is 0. The van der Waals surface area contributed by atoms with E-state index >= 15 is 0 Å². The van der Waals surface area contributed by atoms with Crippen molar-refractivity contribution < 1.29 is 13.2 Å². The minimum atomic E-state index is -3.32. The third kappa shape index (κ3) is 5.49. The molecule has 0 saturated heterocycles. The molecule has 4 nitrogen and oxygen atoms in total. The molecule has 2 rings (SSSR count). The second-order valence-electron chi connectivity index (χ2n) is 5.77. The maximum Gasteiger partial charge on any atom is 0.235 e. The zero-order valence-electron chi connectivity index (χ0n) is 13.8. The standard InChI is InChI=1S/C19H23NO3S/c1-2-13-24(22,23)15-19(21)20-14-18(16-9-5-3-6-10-16)17-11-7-4-8-12-17/h3-12,18H,2,13-15H2,1H3,(H,20,21). The van der Waals surface area contributed by atoms with E-state index in [1.54, 1.807) is 6.92 Å². The van der Waals surface area contributed by atoms with Crippen LogP contribution in [0.1, 0.15) is 30.4 Å². The lowest BCUT2D eigenvalue weighted by Crippen LogP contribution is -2.34. The molecule has 128 valence electrons. The predicted molar refractivity (Wildman–Crippen MR) is 96.7 cm³/mol. The Kier molecular flexibility index (Phi) is 6.55. The minimum Gasteiger partial charge on any atom is -0.354 e. The Morgan fingerprint density at radius 1 is 0.958 bits per heavy atom. The van der Waals surface area contributed by atoms with E-state index in [1.165, 1.54) is 0 Å². The topological polar surface area (TPSA) is 63.2 Å². The normalized spacial score (nSPS) is 11.4. The van der Waals surface area contributed by atoms with Gasteiger partial charge in [-0.3, -0.25) is 4.79 Å². The maximum atomic E-state index is 12.0. The van der Waals surface area contributed by atoms with Crippen molar-refractivity contribution in [2.75, 3.05) is 18.1 Å². The molecule has 0 atom stereocenters. The van der Waals surface area contributed by atoms with Gasteiger partial charge in [0.25, 0.3) is 0 Å². The maximum absolute atomic E-state index is 12.0. The summed E-state index contributed by atoms with van der Waals surface area (Å²) in [6.07, 6.45) is 0.520. The van der Waals surface area contributed by atoms with E-state index in [0.29, 0.717) is 13.0 Å². The molecule has 0 aliphatic heterocycles. The summed E-state index contributed by atoms with van der Waals surface area (Å²) in [4.78, 5) is 12.0. The van der Waals surface area contributed by atoms with Crippen LogP contribution in [0.4, 0.5) is 0 Å². The number of rotatable bonds is 8. The molecule has 0 radical (unpaired) electrons. The van der Waals surface area contributed by atoms with Crippen LogP contribution in [0.15, 0.2) is 60.7 Å². The molecule has 1 N–H and O–H groups in total. The van der Waals surface area contributed by atoms with E-state index < -0.39 is 21.5 Å². The number of amides is 1. The summed E-state index contributed by atoms with van der Waals surface area (Å²) in [5.41, 5.74) is 2.17. The Morgan fingerprint density at radius 2 is 1.46 bits per heavy atom. The van der Waals surface area contributed by atoms with Crippen molar-refractivity contribution in [2.24, 2.45) is 0 Å². The third-order valence-electron chi connectivity index (χ3n) is 3.77. The third-order valence-corrected chi connectivity index (χ3v) is 5.51. The monoisotopic (exact) mass is 345 g/mol. The molecular formula is C19H23NO3S. The first-order valence-corrected chi connectivity index (χ1v) is 9.91. The smallest absolute Gasteiger partial charge is 0.235 e. The van der Waals surface area contributed by atoms with Crippen LogP contribution in [0.2, 0.25) is 0 Å². The van der Waals surface area contributed by atoms with Gasteiger partial charge in [0, 0.05) is 12.5 Å². The molecule has 1 amide bonds. The Morgan fingerprint density at radius 3 is 1.92 bits per heavy atom. The number of hydrogen-bond donors (Lipinski definition) is 1. The van der Waals surface area contributed by atoms with Gasteiger partial charge in [0.05, 0.1) is 5.75 Å². The SMILES string of the molecule is CCCS(=O)(=O)CC(=O)NCC(c1ccccc1)c1ccccc1. The van der Waals surface area contributed by atoms with E-state index in [1.807, 2.05) is 60.7 Å². The molecule has 5 heteroatoms.